The maximum absolute atomic E-state index is 4.64. The van der Waals surface area contributed by atoms with Crippen LogP contribution in [-0.2, 0) is 13.0 Å². The lowest BCUT2D eigenvalue weighted by molar-refractivity contribution is 0.0107. The molecular formula is C19H22N6S. The van der Waals surface area contributed by atoms with Gasteiger partial charge in [-0.05, 0) is 18.9 Å². The van der Waals surface area contributed by atoms with Gasteiger partial charge in [0.2, 0.25) is 0 Å². The second kappa shape index (κ2) is 6.25. The summed E-state index contributed by atoms with van der Waals surface area (Å²) >= 11 is 1.79. The van der Waals surface area contributed by atoms with Crippen LogP contribution in [0.4, 0.5) is 5.82 Å². The normalized spacial score (nSPS) is 19.3. The lowest BCUT2D eigenvalue weighted by Gasteiger charge is -2.48. The molecule has 5 rings (SSSR count). The predicted molar refractivity (Wildman–Crippen MR) is 103 cm³/mol. The Bertz CT molecular complexity index is 918. The number of hydrogen-bond donors (Lipinski definition) is 0. The number of rotatable bonds is 4. The molecule has 0 saturated carbocycles. The topological polar surface area (TPSA) is 58.0 Å². The van der Waals surface area contributed by atoms with Gasteiger partial charge in [0.05, 0.1) is 11.1 Å². The molecule has 0 N–H and O–H groups in total. The molecule has 2 aliphatic rings. The molecule has 1 spiro atoms. The highest BCUT2D eigenvalue weighted by atomic mass is 32.1. The van der Waals surface area contributed by atoms with Crippen molar-refractivity contribution >= 4 is 27.4 Å². The van der Waals surface area contributed by atoms with E-state index in [9.17, 15) is 0 Å². The maximum Gasteiger partial charge on any atom is 0.140 e. The first-order valence-corrected chi connectivity index (χ1v) is 10.0. The van der Waals surface area contributed by atoms with Crippen LogP contribution in [0, 0.1) is 5.41 Å². The van der Waals surface area contributed by atoms with Crippen LogP contribution < -0.4 is 4.90 Å². The maximum atomic E-state index is 4.64. The number of nitrogens with zero attached hydrogens (tertiary/aromatic N) is 6. The summed E-state index contributed by atoms with van der Waals surface area (Å²) in [5, 5.41) is 1.22. The van der Waals surface area contributed by atoms with Crippen molar-refractivity contribution in [2.75, 3.05) is 31.1 Å². The van der Waals surface area contributed by atoms with Crippen molar-refractivity contribution < 1.29 is 0 Å². The average Bonchev–Trinajstić information content (AvgIpc) is 3.26. The molecule has 0 atom stereocenters. The van der Waals surface area contributed by atoms with Gasteiger partial charge in [-0.1, -0.05) is 6.92 Å². The van der Waals surface area contributed by atoms with Crippen LogP contribution in [-0.4, -0.2) is 51.0 Å². The second-order valence-electron chi connectivity index (χ2n) is 7.50. The van der Waals surface area contributed by atoms with Crippen molar-refractivity contribution in [1.29, 1.82) is 0 Å². The van der Waals surface area contributed by atoms with Gasteiger partial charge < -0.3 is 4.90 Å². The minimum Gasteiger partial charge on any atom is -0.355 e. The molecule has 0 radical (unpaired) electrons. The van der Waals surface area contributed by atoms with Crippen LogP contribution in [0.5, 0.6) is 0 Å². The number of thiophene rings is 1. The highest BCUT2D eigenvalue weighted by Crippen LogP contribution is 2.42. The Kier molecular flexibility index (Phi) is 3.86. The van der Waals surface area contributed by atoms with Gasteiger partial charge in [-0.3, -0.25) is 14.9 Å². The van der Waals surface area contributed by atoms with Gasteiger partial charge in [0.15, 0.2) is 0 Å². The Morgan fingerprint density at radius 3 is 2.88 bits per heavy atom. The fourth-order valence-corrected chi connectivity index (χ4v) is 5.28. The summed E-state index contributed by atoms with van der Waals surface area (Å²) in [5.41, 5.74) is 1.46. The number of likely N-dealkylation sites (tertiary alicyclic amines) is 1. The minimum atomic E-state index is 0.406. The van der Waals surface area contributed by atoms with Gasteiger partial charge in [-0.25, -0.2) is 9.97 Å². The predicted octanol–water partition coefficient (Wildman–Crippen LogP) is 2.76. The highest BCUT2D eigenvalue weighted by molar-refractivity contribution is 7.18. The molecule has 2 saturated heterocycles. The Hall–Kier alpha value is -2.12. The summed E-state index contributed by atoms with van der Waals surface area (Å²) in [6.07, 6.45) is 9.38. The largest absolute Gasteiger partial charge is 0.355 e. The van der Waals surface area contributed by atoms with Crippen molar-refractivity contribution in [2.24, 2.45) is 5.41 Å². The van der Waals surface area contributed by atoms with Crippen molar-refractivity contribution in [2.45, 2.75) is 26.3 Å². The average molecular weight is 366 g/mol. The first-order valence-electron chi connectivity index (χ1n) is 9.20. The number of fused-ring (bicyclic) bond motifs is 1. The van der Waals surface area contributed by atoms with E-state index in [1.807, 2.05) is 6.20 Å². The molecule has 0 aromatic carbocycles. The molecular weight excluding hydrogens is 344 g/mol. The number of aromatic nitrogens is 4. The van der Waals surface area contributed by atoms with Gasteiger partial charge in [0, 0.05) is 61.6 Å². The van der Waals surface area contributed by atoms with Gasteiger partial charge in [0.25, 0.3) is 0 Å². The summed E-state index contributed by atoms with van der Waals surface area (Å²) in [6, 6.07) is 2.28. The first-order chi connectivity index (χ1) is 12.7. The third kappa shape index (κ3) is 2.75. The van der Waals surface area contributed by atoms with Crippen LogP contribution in [0.1, 0.15) is 23.9 Å². The van der Waals surface area contributed by atoms with E-state index in [4.69, 9.17) is 0 Å². The summed E-state index contributed by atoms with van der Waals surface area (Å²) in [5.74, 6) is 1.12. The summed E-state index contributed by atoms with van der Waals surface area (Å²) in [6.45, 7) is 7.55. The lowest BCUT2D eigenvalue weighted by atomic mass is 9.79. The fourth-order valence-electron chi connectivity index (χ4n) is 4.35. The van der Waals surface area contributed by atoms with Crippen molar-refractivity contribution in [1.82, 2.24) is 24.8 Å². The molecule has 0 amide bonds. The second-order valence-corrected chi connectivity index (χ2v) is 8.61. The van der Waals surface area contributed by atoms with Crippen LogP contribution in [0.3, 0.4) is 0 Å². The molecule has 134 valence electrons. The van der Waals surface area contributed by atoms with E-state index in [1.54, 1.807) is 30.1 Å². The van der Waals surface area contributed by atoms with Crippen molar-refractivity contribution in [3.05, 3.63) is 41.6 Å². The first kappa shape index (κ1) is 16.1. The van der Waals surface area contributed by atoms with Crippen LogP contribution in [0.15, 0.2) is 31.0 Å². The van der Waals surface area contributed by atoms with E-state index in [0.29, 0.717) is 5.41 Å². The molecule has 26 heavy (non-hydrogen) atoms. The molecule has 0 aliphatic carbocycles. The zero-order valence-corrected chi connectivity index (χ0v) is 15.7. The molecule has 5 heterocycles. The third-order valence-electron chi connectivity index (χ3n) is 5.57. The van der Waals surface area contributed by atoms with Gasteiger partial charge >= 0.3 is 0 Å². The smallest absolute Gasteiger partial charge is 0.140 e. The van der Waals surface area contributed by atoms with Crippen LogP contribution in [0.2, 0.25) is 0 Å². The van der Waals surface area contributed by atoms with E-state index in [0.717, 1.165) is 55.5 Å². The number of hydrogen-bond acceptors (Lipinski definition) is 7. The zero-order chi connectivity index (χ0) is 17.6. The monoisotopic (exact) mass is 366 g/mol. The molecule has 6 nitrogen and oxygen atoms in total. The Balaban J connectivity index is 1.29. The Labute approximate surface area is 156 Å². The summed E-state index contributed by atoms with van der Waals surface area (Å²) < 4.78 is 0. The molecule has 0 unspecified atom stereocenters. The van der Waals surface area contributed by atoms with E-state index < -0.39 is 0 Å². The number of aryl methyl sites for hydroxylation is 1. The molecule has 0 bridgehead atoms. The molecule has 3 aromatic rings. The van der Waals surface area contributed by atoms with E-state index >= 15 is 0 Å². The zero-order valence-electron chi connectivity index (χ0n) is 14.9. The standard InChI is InChI=1S/C19H22N6S/c1-2-15-7-16-17(22-13-23-18(16)26-15)25-6-3-19(12-25)10-24(11-19)9-14-8-20-4-5-21-14/h4-5,7-8,13H,2-3,6,9-12H2,1H3. The molecule has 7 heteroatoms. The number of anilines is 1. The molecule has 2 aliphatic heterocycles. The Morgan fingerprint density at radius 1 is 1.15 bits per heavy atom. The fraction of sp³-hybridized carbons (Fsp3) is 0.474. The van der Waals surface area contributed by atoms with Gasteiger partial charge in [-0.15, -0.1) is 11.3 Å². The van der Waals surface area contributed by atoms with E-state index in [1.165, 1.54) is 16.7 Å². The molecule has 3 aromatic heterocycles. The van der Waals surface area contributed by atoms with Crippen molar-refractivity contribution in [3.63, 3.8) is 0 Å². The van der Waals surface area contributed by atoms with Crippen LogP contribution >= 0.6 is 11.3 Å². The van der Waals surface area contributed by atoms with Gasteiger partial charge in [-0.2, -0.15) is 0 Å². The SMILES string of the molecule is CCc1cc2c(N3CCC4(CN(Cc5cnccn5)C4)C3)ncnc2s1. The molecule has 2 fully saturated rings. The van der Waals surface area contributed by atoms with Crippen molar-refractivity contribution in [3.8, 4) is 0 Å². The van der Waals surface area contributed by atoms with Gasteiger partial charge in [0.1, 0.15) is 17.0 Å². The highest BCUT2D eigenvalue weighted by Gasteiger charge is 2.48. The Morgan fingerprint density at radius 2 is 2.08 bits per heavy atom. The minimum absolute atomic E-state index is 0.406. The quantitative estimate of drug-likeness (QED) is 0.708. The summed E-state index contributed by atoms with van der Waals surface area (Å²) in [7, 11) is 0. The summed E-state index contributed by atoms with van der Waals surface area (Å²) in [4.78, 5) is 25.1. The van der Waals surface area contributed by atoms with Crippen LogP contribution in [0.25, 0.3) is 10.2 Å². The van der Waals surface area contributed by atoms with E-state index in [-0.39, 0.29) is 0 Å². The third-order valence-corrected chi connectivity index (χ3v) is 6.75. The lowest BCUT2D eigenvalue weighted by Crippen LogP contribution is -2.57. The van der Waals surface area contributed by atoms with E-state index in [2.05, 4.69) is 42.7 Å².